The molecule has 1 saturated carbocycles. The topological polar surface area (TPSA) is 75.6 Å². The van der Waals surface area contributed by atoms with E-state index in [1.807, 2.05) is 24.3 Å². The maximum absolute atomic E-state index is 12.2. The van der Waals surface area contributed by atoms with Gasteiger partial charge in [0.15, 0.2) is 0 Å². The number of carbonyl (C=O) groups is 2. The highest BCUT2D eigenvalue weighted by atomic mass is 16.5. The van der Waals surface area contributed by atoms with Crippen molar-refractivity contribution in [1.29, 1.82) is 0 Å². The molecule has 4 rings (SSSR count). The fourth-order valence-corrected chi connectivity index (χ4v) is 4.68. The normalized spacial score (nSPS) is 17.0. The number of carboxylic acid groups (broad SMARTS) is 1. The molecule has 2 aromatic carbocycles. The average molecular weight is 379 g/mol. The summed E-state index contributed by atoms with van der Waals surface area (Å²) in [6.45, 7) is 0.590. The molecule has 5 heteroatoms. The Kier molecular flexibility index (Phi) is 5.07. The average Bonchev–Trinajstić information content (AvgIpc) is 3.30. The van der Waals surface area contributed by atoms with E-state index in [9.17, 15) is 14.7 Å². The lowest BCUT2D eigenvalue weighted by atomic mass is 9.83. The van der Waals surface area contributed by atoms with Gasteiger partial charge in [0, 0.05) is 12.5 Å². The molecule has 146 valence electrons. The largest absolute Gasteiger partial charge is 0.481 e. The molecule has 0 bridgehead atoms. The van der Waals surface area contributed by atoms with Crippen molar-refractivity contribution in [2.45, 2.75) is 38.0 Å². The van der Waals surface area contributed by atoms with Gasteiger partial charge in [0.25, 0.3) is 0 Å². The molecule has 2 N–H and O–H groups in total. The first-order valence-electron chi connectivity index (χ1n) is 9.93. The van der Waals surface area contributed by atoms with Crippen molar-refractivity contribution in [2.24, 2.45) is 5.41 Å². The highest BCUT2D eigenvalue weighted by Crippen LogP contribution is 2.44. The van der Waals surface area contributed by atoms with E-state index in [2.05, 4.69) is 29.6 Å². The minimum absolute atomic E-state index is 0.0262. The van der Waals surface area contributed by atoms with E-state index in [1.165, 1.54) is 22.3 Å². The number of hydrogen-bond donors (Lipinski definition) is 2. The highest BCUT2D eigenvalue weighted by Gasteiger charge is 2.40. The molecule has 0 saturated heterocycles. The van der Waals surface area contributed by atoms with E-state index >= 15 is 0 Å². The van der Waals surface area contributed by atoms with Crippen molar-refractivity contribution in [3.63, 3.8) is 0 Å². The lowest BCUT2D eigenvalue weighted by Crippen LogP contribution is -2.34. The summed E-state index contributed by atoms with van der Waals surface area (Å²) in [6, 6.07) is 16.4. The molecule has 0 aromatic heterocycles. The first-order chi connectivity index (χ1) is 13.6. The number of benzene rings is 2. The zero-order valence-corrected chi connectivity index (χ0v) is 15.8. The van der Waals surface area contributed by atoms with Gasteiger partial charge in [0.2, 0.25) is 0 Å². The molecule has 1 fully saturated rings. The SMILES string of the molecule is O=C(NCCC1(C(=O)O)CCCC1)OCC1c2ccccc2-c2ccccc21. The Morgan fingerprint density at radius 2 is 1.57 bits per heavy atom. The Bertz CT molecular complexity index is 840. The van der Waals surface area contributed by atoms with Crippen LogP contribution in [0.5, 0.6) is 0 Å². The smallest absolute Gasteiger partial charge is 0.407 e. The number of aliphatic carboxylic acids is 1. The molecule has 5 nitrogen and oxygen atoms in total. The van der Waals surface area contributed by atoms with Gasteiger partial charge < -0.3 is 15.2 Å². The van der Waals surface area contributed by atoms with Gasteiger partial charge in [0.05, 0.1) is 5.41 Å². The number of rotatable bonds is 6. The van der Waals surface area contributed by atoms with Gasteiger partial charge in [-0.3, -0.25) is 4.79 Å². The van der Waals surface area contributed by atoms with E-state index < -0.39 is 17.5 Å². The summed E-state index contributed by atoms with van der Waals surface area (Å²) in [4.78, 5) is 23.8. The number of amides is 1. The molecule has 2 aliphatic carbocycles. The van der Waals surface area contributed by atoms with Gasteiger partial charge in [-0.05, 0) is 41.5 Å². The third kappa shape index (κ3) is 3.37. The number of fused-ring (bicyclic) bond motifs is 3. The van der Waals surface area contributed by atoms with Crippen LogP contribution in [0, 0.1) is 5.41 Å². The molecule has 0 aliphatic heterocycles. The maximum Gasteiger partial charge on any atom is 0.407 e. The standard InChI is InChI=1S/C23H25NO4/c25-21(26)23(11-5-6-12-23)13-14-24-22(27)28-15-20-18-9-3-1-7-16(18)17-8-2-4-10-19(17)20/h1-4,7-10,20H,5-6,11-15H2,(H,24,27)(H,25,26). The minimum atomic E-state index is -0.751. The lowest BCUT2D eigenvalue weighted by Gasteiger charge is -2.23. The minimum Gasteiger partial charge on any atom is -0.481 e. The first-order valence-corrected chi connectivity index (χ1v) is 9.93. The van der Waals surface area contributed by atoms with Crippen molar-refractivity contribution < 1.29 is 19.4 Å². The van der Waals surface area contributed by atoms with Gasteiger partial charge >= 0.3 is 12.1 Å². The molecular formula is C23H25NO4. The Balaban J connectivity index is 1.35. The predicted octanol–water partition coefficient (Wildman–Crippen LogP) is 4.56. The van der Waals surface area contributed by atoms with E-state index in [4.69, 9.17) is 4.74 Å². The summed E-state index contributed by atoms with van der Waals surface area (Å²) >= 11 is 0. The van der Waals surface area contributed by atoms with Crippen molar-refractivity contribution in [1.82, 2.24) is 5.32 Å². The van der Waals surface area contributed by atoms with Crippen LogP contribution in [0.15, 0.2) is 48.5 Å². The van der Waals surface area contributed by atoms with Crippen molar-refractivity contribution in [3.05, 3.63) is 59.7 Å². The van der Waals surface area contributed by atoms with Crippen molar-refractivity contribution in [2.75, 3.05) is 13.2 Å². The summed E-state index contributed by atoms with van der Waals surface area (Å²) in [5, 5.41) is 12.3. The van der Waals surface area contributed by atoms with E-state index in [-0.39, 0.29) is 12.5 Å². The summed E-state index contributed by atoms with van der Waals surface area (Å²) in [7, 11) is 0. The number of alkyl carbamates (subject to hydrolysis) is 1. The van der Waals surface area contributed by atoms with Crippen molar-refractivity contribution in [3.8, 4) is 11.1 Å². The van der Waals surface area contributed by atoms with Crippen LogP contribution in [0.2, 0.25) is 0 Å². The van der Waals surface area contributed by atoms with Crippen LogP contribution in [-0.4, -0.2) is 30.3 Å². The Labute approximate surface area is 164 Å². The zero-order valence-electron chi connectivity index (χ0n) is 15.8. The van der Waals surface area contributed by atoms with Crippen LogP contribution in [0.25, 0.3) is 11.1 Å². The molecule has 1 amide bonds. The van der Waals surface area contributed by atoms with Gasteiger partial charge in [-0.15, -0.1) is 0 Å². The number of nitrogens with one attached hydrogen (secondary N) is 1. The fourth-order valence-electron chi connectivity index (χ4n) is 4.68. The zero-order chi connectivity index (χ0) is 19.6. The van der Waals surface area contributed by atoms with E-state index in [0.29, 0.717) is 25.8 Å². The molecule has 2 aliphatic rings. The molecule has 0 spiro atoms. The van der Waals surface area contributed by atoms with Gasteiger partial charge in [0.1, 0.15) is 6.61 Å². The third-order valence-corrected chi connectivity index (χ3v) is 6.23. The van der Waals surface area contributed by atoms with Crippen LogP contribution < -0.4 is 5.32 Å². The summed E-state index contributed by atoms with van der Waals surface area (Å²) in [6.07, 6.45) is 3.23. The second kappa shape index (κ2) is 7.66. The third-order valence-electron chi connectivity index (χ3n) is 6.23. The molecular weight excluding hydrogens is 354 g/mol. The van der Waals surface area contributed by atoms with Crippen LogP contribution in [0.3, 0.4) is 0 Å². The summed E-state index contributed by atoms with van der Waals surface area (Å²) in [5.74, 6) is -0.724. The second-order valence-electron chi connectivity index (χ2n) is 7.79. The van der Waals surface area contributed by atoms with E-state index in [1.54, 1.807) is 0 Å². The second-order valence-corrected chi connectivity index (χ2v) is 7.79. The predicted molar refractivity (Wildman–Crippen MR) is 106 cm³/mol. The number of ether oxygens (including phenoxy) is 1. The molecule has 0 radical (unpaired) electrons. The Morgan fingerprint density at radius 3 is 2.14 bits per heavy atom. The molecule has 0 unspecified atom stereocenters. The molecule has 28 heavy (non-hydrogen) atoms. The molecule has 0 atom stereocenters. The number of carboxylic acids is 1. The molecule has 2 aromatic rings. The summed E-state index contributed by atoms with van der Waals surface area (Å²) < 4.78 is 5.50. The van der Waals surface area contributed by atoms with E-state index in [0.717, 1.165) is 12.8 Å². The van der Waals surface area contributed by atoms with Gasteiger partial charge in [-0.2, -0.15) is 0 Å². The van der Waals surface area contributed by atoms with Crippen LogP contribution in [0.1, 0.15) is 49.1 Å². The van der Waals surface area contributed by atoms with Crippen LogP contribution in [0.4, 0.5) is 4.79 Å². The Morgan fingerprint density at radius 1 is 1.00 bits per heavy atom. The van der Waals surface area contributed by atoms with Crippen LogP contribution in [-0.2, 0) is 9.53 Å². The Hall–Kier alpha value is -2.82. The maximum atomic E-state index is 12.2. The monoisotopic (exact) mass is 379 g/mol. The lowest BCUT2D eigenvalue weighted by molar-refractivity contribution is -0.149. The van der Waals surface area contributed by atoms with Crippen LogP contribution >= 0.6 is 0 Å². The molecule has 0 heterocycles. The van der Waals surface area contributed by atoms with Gasteiger partial charge in [-0.1, -0.05) is 61.4 Å². The highest BCUT2D eigenvalue weighted by molar-refractivity contribution is 5.79. The fraction of sp³-hybridized carbons (Fsp3) is 0.391. The number of hydrogen-bond acceptors (Lipinski definition) is 3. The quantitative estimate of drug-likeness (QED) is 0.771. The van der Waals surface area contributed by atoms with Crippen molar-refractivity contribution >= 4 is 12.1 Å². The first kappa shape index (κ1) is 18.5. The number of carbonyl (C=O) groups excluding carboxylic acids is 1. The van der Waals surface area contributed by atoms with Gasteiger partial charge in [-0.25, -0.2) is 4.79 Å². The summed E-state index contributed by atoms with van der Waals surface area (Å²) in [5.41, 5.74) is 4.05.